The predicted octanol–water partition coefficient (Wildman–Crippen LogP) is 6.09. The average molecular weight is 477 g/mol. The summed E-state index contributed by atoms with van der Waals surface area (Å²) >= 11 is 13.8. The number of hydrogen-bond acceptors (Lipinski definition) is 5. The number of thiazole rings is 1. The van der Waals surface area contributed by atoms with E-state index in [2.05, 4.69) is 0 Å². The largest absolute Gasteiger partial charge is 0.380 e. The van der Waals surface area contributed by atoms with E-state index in [-0.39, 0.29) is 12.0 Å². The van der Waals surface area contributed by atoms with Gasteiger partial charge >= 0.3 is 0 Å². The highest BCUT2D eigenvalue weighted by atomic mass is 35.5. The predicted molar refractivity (Wildman–Crippen MR) is 125 cm³/mol. The summed E-state index contributed by atoms with van der Waals surface area (Å²) in [6.07, 6.45) is 1.93. The van der Waals surface area contributed by atoms with Gasteiger partial charge in [0.25, 0.3) is 5.91 Å². The second kappa shape index (κ2) is 10.1. The molecule has 31 heavy (non-hydrogen) atoms. The van der Waals surface area contributed by atoms with E-state index in [9.17, 15) is 4.79 Å². The lowest BCUT2D eigenvalue weighted by Crippen LogP contribution is -2.37. The third kappa shape index (κ3) is 5.27. The van der Waals surface area contributed by atoms with Crippen LogP contribution in [0.2, 0.25) is 10.0 Å². The van der Waals surface area contributed by atoms with Crippen molar-refractivity contribution < 1.29 is 14.3 Å². The van der Waals surface area contributed by atoms with Crippen LogP contribution in [0.4, 0.5) is 5.13 Å². The summed E-state index contributed by atoms with van der Waals surface area (Å²) in [5.74, 6) is -0.109. The quantitative estimate of drug-likeness (QED) is 0.413. The molecule has 1 amide bonds. The molecule has 1 saturated heterocycles. The summed E-state index contributed by atoms with van der Waals surface area (Å²) < 4.78 is 11.0. The Labute approximate surface area is 195 Å². The van der Waals surface area contributed by atoms with E-state index in [4.69, 9.17) is 37.7 Å². The van der Waals surface area contributed by atoms with Crippen LogP contribution >= 0.6 is 34.5 Å². The molecule has 2 heterocycles. The van der Waals surface area contributed by atoms with Crippen molar-refractivity contribution in [2.75, 3.05) is 25.2 Å². The van der Waals surface area contributed by atoms with Crippen LogP contribution in [-0.2, 0) is 16.1 Å². The molecule has 0 N–H and O–H groups in total. The zero-order chi connectivity index (χ0) is 21.8. The van der Waals surface area contributed by atoms with Crippen molar-refractivity contribution >= 4 is 45.6 Å². The molecule has 3 aromatic rings. The number of ether oxygens (including phenoxy) is 2. The number of methoxy groups -OCH3 is 1. The molecule has 0 aliphatic carbocycles. The summed E-state index contributed by atoms with van der Waals surface area (Å²) in [6, 6.07) is 12.8. The third-order valence-corrected chi connectivity index (χ3v) is 6.51. The van der Waals surface area contributed by atoms with Crippen LogP contribution in [0.5, 0.6) is 0 Å². The Balaban J connectivity index is 1.63. The van der Waals surface area contributed by atoms with Gasteiger partial charge in [0, 0.05) is 35.2 Å². The highest BCUT2D eigenvalue weighted by molar-refractivity contribution is 7.14. The molecule has 0 bridgehead atoms. The Morgan fingerprint density at radius 1 is 1.26 bits per heavy atom. The first kappa shape index (κ1) is 22.2. The molecule has 1 aliphatic heterocycles. The zero-order valence-corrected chi connectivity index (χ0v) is 19.3. The summed E-state index contributed by atoms with van der Waals surface area (Å²) in [5.41, 5.74) is 3.10. The van der Waals surface area contributed by atoms with Crippen LogP contribution < -0.4 is 4.90 Å². The number of amides is 1. The van der Waals surface area contributed by atoms with Crippen LogP contribution in [0.1, 0.15) is 28.8 Å². The van der Waals surface area contributed by atoms with Crippen molar-refractivity contribution in [1.29, 1.82) is 0 Å². The van der Waals surface area contributed by atoms with Gasteiger partial charge in [-0.25, -0.2) is 4.98 Å². The third-order valence-electron chi connectivity index (χ3n) is 5.10. The Morgan fingerprint density at radius 2 is 2.06 bits per heavy atom. The SMILES string of the molecule is COCc1ccc(C(=O)N(CC2CCCO2)c2nc(-c3ccc(Cl)cc3Cl)cs2)cc1. The Morgan fingerprint density at radius 3 is 2.74 bits per heavy atom. The summed E-state index contributed by atoms with van der Waals surface area (Å²) in [5, 5.41) is 3.61. The number of aromatic nitrogens is 1. The van der Waals surface area contributed by atoms with E-state index in [1.807, 2.05) is 35.7 Å². The molecule has 8 heteroatoms. The number of benzene rings is 2. The standard InChI is InChI=1S/C23H22Cl2N2O3S/c1-29-13-15-4-6-16(7-5-15)22(28)27(12-18-3-2-10-30-18)23-26-21(14-31-23)19-9-8-17(24)11-20(19)25/h4-9,11,14,18H,2-3,10,12-13H2,1H3. The molecule has 1 atom stereocenters. The van der Waals surface area contributed by atoms with Crippen molar-refractivity contribution in [2.24, 2.45) is 0 Å². The fourth-order valence-electron chi connectivity index (χ4n) is 3.52. The van der Waals surface area contributed by atoms with Gasteiger partial charge in [0.1, 0.15) is 0 Å². The maximum absolute atomic E-state index is 13.4. The number of hydrogen-bond donors (Lipinski definition) is 0. The molecule has 162 valence electrons. The van der Waals surface area contributed by atoms with Crippen LogP contribution in [0.25, 0.3) is 11.3 Å². The molecular weight excluding hydrogens is 455 g/mol. The lowest BCUT2D eigenvalue weighted by Gasteiger charge is -2.23. The maximum Gasteiger partial charge on any atom is 0.260 e. The fraction of sp³-hybridized carbons (Fsp3) is 0.304. The van der Waals surface area contributed by atoms with Crippen LogP contribution in [0, 0.1) is 0 Å². The minimum Gasteiger partial charge on any atom is -0.380 e. The van der Waals surface area contributed by atoms with E-state index in [0.29, 0.717) is 39.6 Å². The minimum atomic E-state index is -0.109. The number of rotatable bonds is 7. The zero-order valence-electron chi connectivity index (χ0n) is 17.0. The molecule has 1 fully saturated rings. The van der Waals surface area contributed by atoms with Gasteiger partial charge in [-0.05, 0) is 48.7 Å². The van der Waals surface area contributed by atoms with Gasteiger partial charge in [-0.1, -0.05) is 35.3 Å². The van der Waals surface area contributed by atoms with Crippen LogP contribution in [0.15, 0.2) is 47.8 Å². The number of anilines is 1. The van der Waals surface area contributed by atoms with Crippen molar-refractivity contribution in [2.45, 2.75) is 25.6 Å². The first-order valence-corrected chi connectivity index (χ1v) is 11.6. The van der Waals surface area contributed by atoms with Crippen LogP contribution in [-0.4, -0.2) is 37.3 Å². The molecule has 2 aromatic carbocycles. The second-order valence-electron chi connectivity index (χ2n) is 7.32. The topological polar surface area (TPSA) is 51.7 Å². The Hall–Kier alpha value is -1.96. The number of nitrogens with zero attached hydrogens (tertiary/aromatic N) is 2. The van der Waals surface area contributed by atoms with Gasteiger partial charge < -0.3 is 9.47 Å². The molecule has 4 rings (SSSR count). The molecule has 0 saturated carbocycles. The Kier molecular flexibility index (Phi) is 7.25. The van der Waals surface area contributed by atoms with Gasteiger partial charge in [0.2, 0.25) is 0 Å². The summed E-state index contributed by atoms with van der Waals surface area (Å²) in [6.45, 7) is 1.69. The molecule has 5 nitrogen and oxygen atoms in total. The second-order valence-corrected chi connectivity index (χ2v) is 9.00. The van der Waals surface area contributed by atoms with Gasteiger partial charge in [0.15, 0.2) is 5.13 Å². The van der Waals surface area contributed by atoms with E-state index >= 15 is 0 Å². The van der Waals surface area contributed by atoms with Gasteiger partial charge in [0.05, 0.1) is 30.0 Å². The fourth-order valence-corrected chi connectivity index (χ4v) is 4.85. The normalized spacial score (nSPS) is 15.9. The van der Waals surface area contributed by atoms with Crippen molar-refractivity contribution in [1.82, 2.24) is 4.98 Å². The van der Waals surface area contributed by atoms with E-state index in [0.717, 1.165) is 30.6 Å². The minimum absolute atomic E-state index is 0.00295. The molecule has 0 radical (unpaired) electrons. The first-order valence-electron chi connectivity index (χ1n) is 9.97. The lowest BCUT2D eigenvalue weighted by molar-refractivity contribution is 0.0917. The number of halogens is 2. The smallest absolute Gasteiger partial charge is 0.260 e. The molecule has 1 aliphatic rings. The number of carbonyl (C=O) groups excluding carboxylic acids is 1. The molecular formula is C23H22Cl2N2O3S. The van der Waals surface area contributed by atoms with Gasteiger partial charge in [-0.2, -0.15) is 0 Å². The number of carbonyl (C=O) groups is 1. The monoisotopic (exact) mass is 476 g/mol. The van der Waals surface area contributed by atoms with Crippen LogP contribution in [0.3, 0.4) is 0 Å². The first-order chi connectivity index (χ1) is 15.0. The summed E-state index contributed by atoms with van der Waals surface area (Å²) in [4.78, 5) is 19.9. The lowest BCUT2D eigenvalue weighted by atomic mass is 10.1. The molecule has 1 unspecified atom stereocenters. The summed E-state index contributed by atoms with van der Waals surface area (Å²) in [7, 11) is 1.65. The maximum atomic E-state index is 13.4. The van der Waals surface area contributed by atoms with Crippen molar-refractivity contribution in [3.63, 3.8) is 0 Å². The van der Waals surface area contributed by atoms with Gasteiger partial charge in [-0.3, -0.25) is 9.69 Å². The average Bonchev–Trinajstić information content (AvgIpc) is 3.45. The van der Waals surface area contributed by atoms with Crippen molar-refractivity contribution in [3.8, 4) is 11.3 Å². The van der Waals surface area contributed by atoms with E-state index in [1.165, 1.54) is 11.3 Å². The highest BCUT2D eigenvalue weighted by Crippen LogP contribution is 2.34. The molecule has 1 aromatic heterocycles. The van der Waals surface area contributed by atoms with Crippen molar-refractivity contribution in [3.05, 3.63) is 69.0 Å². The Bertz CT molecular complexity index is 1050. The van der Waals surface area contributed by atoms with Gasteiger partial charge in [-0.15, -0.1) is 11.3 Å². The highest BCUT2D eigenvalue weighted by Gasteiger charge is 2.27. The van der Waals surface area contributed by atoms with E-state index in [1.54, 1.807) is 24.1 Å². The van der Waals surface area contributed by atoms with E-state index < -0.39 is 0 Å². The molecule has 0 spiro atoms.